The third kappa shape index (κ3) is 6.18. The first-order valence-electron chi connectivity index (χ1n) is 6.10. The van der Waals surface area contributed by atoms with Gasteiger partial charge in [0.2, 0.25) is 5.91 Å². The molecule has 1 saturated heterocycles. The van der Waals surface area contributed by atoms with Crippen LogP contribution in [0.2, 0.25) is 0 Å². The minimum atomic E-state index is -0.911. The Morgan fingerprint density at radius 2 is 2.00 bits per heavy atom. The van der Waals surface area contributed by atoms with Crippen LogP contribution in [-0.4, -0.2) is 45.2 Å². The molecule has 0 aromatic carbocycles. The van der Waals surface area contributed by atoms with E-state index in [-0.39, 0.29) is 61.8 Å². The smallest absolute Gasteiger partial charge is 0.303 e. The van der Waals surface area contributed by atoms with Crippen molar-refractivity contribution in [3.63, 3.8) is 0 Å². The monoisotopic (exact) mass is 303 g/mol. The van der Waals surface area contributed by atoms with Crippen molar-refractivity contribution in [1.82, 2.24) is 4.90 Å². The molecule has 0 aliphatic carbocycles. The fourth-order valence-electron chi connectivity index (χ4n) is 1.89. The Hall–Kier alpha value is -1.37. The zero-order chi connectivity index (χ0) is 14.4. The average Bonchev–Trinajstić information content (AvgIpc) is 2.59. The number of carboxylic acid groups (broad SMARTS) is 1. The van der Waals surface area contributed by atoms with Gasteiger partial charge in [0.25, 0.3) is 5.24 Å². The van der Waals surface area contributed by atoms with Gasteiger partial charge in [0.05, 0.1) is 5.75 Å². The summed E-state index contributed by atoms with van der Waals surface area (Å²) in [5, 5.41) is 8.33. The largest absolute Gasteiger partial charge is 0.481 e. The van der Waals surface area contributed by atoms with Crippen LogP contribution in [0.5, 0.6) is 0 Å². The number of carbonyl (C=O) groups excluding carboxylic acids is 3. The molecule has 1 atom stereocenters. The lowest BCUT2D eigenvalue weighted by molar-refractivity contribution is -0.138. The molecule has 7 heteroatoms. The van der Waals surface area contributed by atoms with Crippen LogP contribution in [0, 0.1) is 5.92 Å². The van der Waals surface area contributed by atoms with Crippen LogP contribution in [-0.2, 0) is 14.4 Å². The molecule has 1 aliphatic rings. The first-order valence-corrected chi connectivity index (χ1v) is 7.09. The van der Waals surface area contributed by atoms with Gasteiger partial charge >= 0.3 is 5.97 Å². The van der Waals surface area contributed by atoms with Gasteiger partial charge in [-0.25, -0.2) is 0 Å². The lowest BCUT2D eigenvalue weighted by atomic mass is 9.99. The van der Waals surface area contributed by atoms with E-state index in [1.54, 1.807) is 6.92 Å². The number of ketones is 1. The summed E-state index contributed by atoms with van der Waals surface area (Å²) in [5.74, 6) is -1.15. The summed E-state index contributed by atoms with van der Waals surface area (Å²) in [6.07, 6.45) is 0.913. The van der Waals surface area contributed by atoms with Gasteiger partial charge in [-0.15, -0.1) is 0 Å². The number of carboxylic acids is 1. The quantitative estimate of drug-likeness (QED) is 0.739. The van der Waals surface area contributed by atoms with Crippen molar-refractivity contribution in [2.75, 3.05) is 12.3 Å². The van der Waals surface area contributed by atoms with Crippen LogP contribution in [0.4, 0.5) is 4.79 Å². The van der Waals surface area contributed by atoms with Gasteiger partial charge in [-0.2, -0.15) is 0 Å². The number of aliphatic carboxylic acids is 1. The molecule has 1 N–H and O–H groups in total. The van der Waals surface area contributed by atoms with Crippen LogP contribution in [0.3, 0.4) is 0 Å². The average molecular weight is 303 g/mol. The molecule has 0 radical (unpaired) electrons. The second kappa shape index (κ2) is 8.73. The van der Waals surface area contributed by atoms with Crippen LogP contribution in [0.25, 0.3) is 0 Å². The molecule has 1 rings (SSSR count). The van der Waals surface area contributed by atoms with Crippen LogP contribution < -0.4 is 0 Å². The second-order valence-corrected chi connectivity index (χ2v) is 5.58. The van der Waals surface area contributed by atoms with E-state index in [1.165, 1.54) is 4.90 Å². The zero-order valence-electron chi connectivity index (χ0n) is 10.8. The molecule has 1 fully saturated rings. The summed E-state index contributed by atoms with van der Waals surface area (Å²) in [7, 11) is 0. The first kappa shape index (κ1) is 18.6. The van der Waals surface area contributed by atoms with Crippen molar-refractivity contribution in [3.8, 4) is 0 Å². The molecule has 0 aromatic rings. The van der Waals surface area contributed by atoms with Crippen molar-refractivity contribution in [2.24, 2.45) is 5.92 Å². The Kier molecular flexibility index (Phi) is 8.13. The molecule has 20 heavy (non-hydrogen) atoms. The van der Waals surface area contributed by atoms with E-state index in [2.05, 4.69) is 0 Å². The van der Waals surface area contributed by atoms with E-state index in [0.717, 1.165) is 11.8 Å². The number of amides is 2. The first-order chi connectivity index (χ1) is 8.90. The number of nitrogens with zero attached hydrogens (tertiary/aromatic N) is 1. The normalized spacial score (nSPS) is 15.9. The zero-order valence-corrected chi connectivity index (χ0v) is 11.6. The molecule has 0 saturated carbocycles. The van der Waals surface area contributed by atoms with Gasteiger partial charge in [-0.1, -0.05) is 26.1 Å². The van der Waals surface area contributed by atoms with Crippen molar-refractivity contribution >= 4 is 34.7 Å². The maximum absolute atomic E-state index is 11.6. The van der Waals surface area contributed by atoms with E-state index in [0.29, 0.717) is 6.42 Å². The van der Waals surface area contributed by atoms with E-state index >= 15 is 0 Å². The van der Waals surface area contributed by atoms with Crippen molar-refractivity contribution in [3.05, 3.63) is 0 Å². The van der Waals surface area contributed by atoms with Gasteiger partial charge in [0, 0.05) is 25.8 Å². The van der Waals surface area contributed by atoms with Crippen LogP contribution in [0.15, 0.2) is 0 Å². The lowest BCUT2D eigenvalue weighted by Gasteiger charge is -2.12. The Morgan fingerprint density at radius 3 is 2.50 bits per heavy atom. The summed E-state index contributed by atoms with van der Waals surface area (Å²) in [6, 6.07) is 0. The van der Waals surface area contributed by atoms with E-state index < -0.39 is 5.97 Å². The molecule has 6 nitrogen and oxygen atoms in total. The lowest BCUT2D eigenvalue weighted by Crippen LogP contribution is -2.29. The van der Waals surface area contributed by atoms with Crippen molar-refractivity contribution < 1.29 is 24.3 Å². The maximum Gasteiger partial charge on any atom is 0.303 e. The van der Waals surface area contributed by atoms with Gasteiger partial charge in [0.1, 0.15) is 5.78 Å². The predicted octanol–water partition coefficient (Wildman–Crippen LogP) is 2.17. The Labute approximate surface area is 122 Å². The van der Waals surface area contributed by atoms with Crippen LogP contribution >= 0.6 is 11.8 Å². The third-order valence-electron chi connectivity index (χ3n) is 2.78. The number of imide groups is 1. The molecule has 0 bridgehead atoms. The van der Waals surface area contributed by atoms with Gasteiger partial charge in [-0.3, -0.25) is 24.1 Å². The minimum Gasteiger partial charge on any atom is -0.481 e. The Balaban J connectivity index is 0.00000361. The van der Waals surface area contributed by atoms with Gasteiger partial charge in [0.15, 0.2) is 0 Å². The summed E-state index contributed by atoms with van der Waals surface area (Å²) >= 11 is 0.977. The molecule has 2 amide bonds. The van der Waals surface area contributed by atoms with Crippen LogP contribution in [0.1, 0.15) is 40.0 Å². The summed E-state index contributed by atoms with van der Waals surface area (Å²) in [4.78, 5) is 45.8. The van der Waals surface area contributed by atoms with Gasteiger partial charge < -0.3 is 5.11 Å². The standard InChI is InChI=1S/C12H17NO5S.CH4/c1-8(6-11(16)17)5-9(14)3-2-4-13-10(15)7-19-12(13)18;/h8H,2-7H2,1H3,(H,16,17);1H4. The summed E-state index contributed by atoms with van der Waals surface area (Å²) in [6.45, 7) is 1.99. The number of hydrogen-bond donors (Lipinski definition) is 1. The Morgan fingerprint density at radius 1 is 1.35 bits per heavy atom. The molecular formula is C13H21NO5S. The molecule has 1 aliphatic heterocycles. The minimum absolute atomic E-state index is 0. The number of rotatable bonds is 8. The predicted molar refractivity (Wildman–Crippen MR) is 76.6 cm³/mol. The highest BCUT2D eigenvalue weighted by atomic mass is 32.2. The fraction of sp³-hybridized carbons (Fsp3) is 0.692. The highest BCUT2D eigenvalue weighted by Crippen LogP contribution is 2.19. The second-order valence-electron chi connectivity index (χ2n) is 4.65. The fourth-order valence-corrected chi connectivity index (χ4v) is 2.64. The highest BCUT2D eigenvalue weighted by Gasteiger charge is 2.29. The SMILES string of the molecule is C.CC(CC(=O)O)CC(=O)CCCN1C(=O)CSC1=O. The number of thioether (sulfide) groups is 1. The number of carbonyl (C=O) groups is 4. The molecule has 0 spiro atoms. The Bertz CT molecular complexity index is 380. The summed E-state index contributed by atoms with van der Waals surface area (Å²) < 4.78 is 0. The number of hydrogen-bond acceptors (Lipinski definition) is 5. The van der Waals surface area contributed by atoms with E-state index in [9.17, 15) is 19.2 Å². The van der Waals surface area contributed by atoms with E-state index in [4.69, 9.17) is 5.11 Å². The van der Waals surface area contributed by atoms with Crippen molar-refractivity contribution in [2.45, 2.75) is 40.0 Å². The highest BCUT2D eigenvalue weighted by molar-refractivity contribution is 8.14. The van der Waals surface area contributed by atoms with Crippen molar-refractivity contribution in [1.29, 1.82) is 0 Å². The molecular weight excluding hydrogens is 282 g/mol. The molecule has 1 heterocycles. The maximum atomic E-state index is 11.6. The topological polar surface area (TPSA) is 91.8 Å². The molecule has 1 unspecified atom stereocenters. The van der Waals surface area contributed by atoms with E-state index in [1.807, 2.05) is 0 Å². The summed E-state index contributed by atoms with van der Waals surface area (Å²) in [5.41, 5.74) is 0. The number of Topliss-reactive ketones (excluding diaryl/α,β-unsaturated/α-hetero) is 1. The molecule has 114 valence electrons. The third-order valence-corrected chi connectivity index (χ3v) is 3.64. The molecule has 0 aromatic heterocycles. The van der Waals surface area contributed by atoms with Gasteiger partial charge in [-0.05, 0) is 12.3 Å².